The molecule has 1 heterocycles. The van der Waals surface area contributed by atoms with Gasteiger partial charge in [0.2, 0.25) is 0 Å². The molecule has 24 heavy (non-hydrogen) atoms. The Kier molecular flexibility index (Phi) is 3.24. The van der Waals surface area contributed by atoms with Crippen LogP contribution in [-0.4, -0.2) is 15.2 Å². The number of allylic oxidation sites excluding steroid dienone is 1. The number of phenolic OH excluding ortho intramolecular Hbond substituents is 1. The number of hydrogen-bond donors (Lipinski definition) is 3. The van der Waals surface area contributed by atoms with Crippen LogP contribution in [0.2, 0.25) is 0 Å². The lowest BCUT2D eigenvalue weighted by atomic mass is 9.99. The molecule has 0 saturated carbocycles. The van der Waals surface area contributed by atoms with Crippen LogP contribution in [-0.2, 0) is 0 Å². The Morgan fingerprint density at radius 3 is 2.79 bits per heavy atom. The van der Waals surface area contributed by atoms with Crippen LogP contribution in [0.4, 0.5) is 0 Å². The van der Waals surface area contributed by atoms with E-state index in [9.17, 15) is 15.0 Å². The summed E-state index contributed by atoms with van der Waals surface area (Å²) in [4.78, 5) is 14.2. The number of pyridine rings is 1. The van der Waals surface area contributed by atoms with Crippen molar-refractivity contribution < 1.29 is 10.2 Å². The second kappa shape index (κ2) is 5.42. The lowest BCUT2D eigenvalue weighted by Gasteiger charge is -2.08. The number of H-pyrrole nitrogens is 1. The molecule has 1 aliphatic rings. The van der Waals surface area contributed by atoms with Crippen molar-refractivity contribution in [2.24, 2.45) is 0 Å². The van der Waals surface area contributed by atoms with E-state index in [2.05, 4.69) is 4.98 Å². The van der Waals surface area contributed by atoms with Crippen molar-refractivity contribution in [3.8, 4) is 11.6 Å². The lowest BCUT2D eigenvalue weighted by molar-refractivity contribution is 0.450. The number of hydrogen-bond acceptors (Lipinski definition) is 3. The number of aromatic hydroxyl groups is 2. The minimum absolute atomic E-state index is 0.154. The van der Waals surface area contributed by atoms with E-state index in [4.69, 9.17) is 0 Å². The molecule has 3 N–H and O–H groups in total. The quantitative estimate of drug-likeness (QED) is 0.642. The van der Waals surface area contributed by atoms with Crippen LogP contribution in [0.5, 0.6) is 11.6 Å². The van der Waals surface area contributed by atoms with E-state index in [0.29, 0.717) is 16.9 Å². The predicted molar refractivity (Wildman–Crippen MR) is 95.1 cm³/mol. The van der Waals surface area contributed by atoms with Crippen molar-refractivity contribution in [1.29, 1.82) is 0 Å². The Morgan fingerprint density at radius 2 is 1.92 bits per heavy atom. The lowest BCUT2D eigenvalue weighted by Crippen LogP contribution is -2.41. The Labute approximate surface area is 137 Å². The van der Waals surface area contributed by atoms with Crippen LogP contribution < -0.4 is 16.0 Å². The molecular formula is C20H15NO3. The largest absolute Gasteiger partial charge is 0.507 e. The number of benzene rings is 2. The van der Waals surface area contributed by atoms with Gasteiger partial charge in [-0.15, -0.1) is 0 Å². The first kappa shape index (κ1) is 14.3. The predicted octanol–water partition coefficient (Wildman–Crippen LogP) is 1.99. The summed E-state index contributed by atoms with van der Waals surface area (Å²) >= 11 is 0. The van der Waals surface area contributed by atoms with Crippen molar-refractivity contribution in [3.05, 3.63) is 74.4 Å². The highest BCUT2D eigenvalue weighted by atomic mass is 16.3. The molecule has 1 aromatic heterocycles. The number of nitrogens with one attached hydrogen (secondary N) is 1. The van der Waals surface area contributed by atoms with Gasteiger partial charge < -0.3 is 10.2 Å². The molecule has 0 radical (unpaired) electrons. The van der Waals surface area contributed by atoms with Gasteiger partial charge in [-0.1, -0.05) is 48.6 Å². The average molecular weight is 317 g/mol. The number of rotatable bonds is 1. The molecule has 0 saturated heterocycles. The molecule has 118 valence electrons. The molecule has 0 fully saturated rings. The van der Waals surface area contributed by atoms with Crippen molar-refractivity contribution >= 4 is 29.0 Å². The molecule has 4 heteroatoms. The molecule has 0 unspecified atom stereocenters. The maximum Gasteiger partial charge on any atom is 0.258 e. The van der Waals surface area contributed by atoms with Gasteiger partial charge in [-0.05, 0) is 28.7 Å². The van der Waals surface area contributed by atoms with Crippen LogP contribution in [0.3, 0.4) is 0 Å². The summed E-state index contributed by atoms with van der Waals surface area (Å²) in [6, 6.07) is 13.0. The highest BCUT2D eigenvalue weighted by molar-refractivity contribution is 5.92. The zero-order chi connectivity index (χ0) is 16.7. The third-order valence-electron chi connectivity index (χ3n) is 4.24. The number of aromatic nitrogens is 1. The van der Waals surface area contributed by atoms with Crippen molar-refractivity contribution in [2.75, 3.05) is 0 Å². The number of phenols is 1. The molecule has 3 aromatic rings. The molecule has 4 rings (SSSR count). The standard InChI is InChI=1S/C20H15NO3/c22-18-11-15-10-12(5-8-17(15)20(24)21-18)9-14-7-6-13-3-1-2-4-16(13)19(14)23/h1-4,6-11,22-23H,5H2,(H,21,24). The fourth-order valence-corrected chi connectivity index (χ4v) is 3.07. The van der Waals surface area contributed by atoms with Crippen LogP contribution in [0.1, 0.15) is 12.0 Å². The molecule has 0 aliphatic heterocycles. The van der Waals surface area contributed by atoms with Gasteiger partial charge in [0.1, 0.15) is 5.75 Å². The minimum Gasteiger partial charge on any atom is -0.507 e. The minimum atomic E-state index is -0.297. The van der Waals surface area contributed by atoms with Gasteiger partial charge in [-0.3, -0.25) is 9.78 Å². The van der Waals surface area contributed by atoms with Gasteiger partial charge in [-0.25, -0.2) is 0 Å². The van der Waals surface area contributed by atoms with Gasteiger partial charge in [-0.2, -0.15) is 0 Å². The Hall–Kier alpha value is -3.27. The maximum atomic E-state index is 11.8. The SMILES string of the molecule is O=c1[nH]c(O)cc2c1=CCC(=Cc1ccc3ccccc3c1O)C=2. The van der Waals surface area contributed by atoms with E-state index in [1.54, 1.807) is 0 Å². The van der Waals surface area contributed by atoms with E-state index < -0.39 is 0 Å². The van der Waals surface area contributed by atoms with Gasteiger partial charge in [0, 0.05) is 22.2 Å². The first-order valence-electron chi connectivity index (χ1n) is 7.67. The number of fused-ring (bicyclic) bond motifs is 2. The third-order valence-corrected chi connectivity index (χ3v) is 4.24. The smallest absolute Gasteiger partial charge is 0.258 e. The summed E-state index contributed by atoms with van der Waals surface area (Å²) in [6.45, 7) is 0. The monoisotopic (exact) mass is 317 g/mol. The van der Waals surface area contributed by atoms with E-state index >= 15 is 0 Å². The Bertz CT molecular complexity index is 1170. The Morgan fingerprint density at radius 1 is 1.08 bits per heavy atom. The van der Waals surface area contributed by atoms with Crippen molar-refractivity contribution in [2.45, 2.75) is 6.42 Å². The molecule has 1 aliphatic carbocycles. The van der Waals surface area contributed by atoms with Crippen LogP contribution in [0, 0.1) is 0 Å². The fourth-order valence-electron chi connectivity index (χ4n) is 3.07. The summed E-state index contributed by atoms with van der Waals surface area (Å²) in [5.74, 6) is 0.0896. The normalized spacial score (nSPS) is 14.9. The van der Waals surface area contributed by atoms with E-state index in [0.717, 1.165) is 21.9 Å². The topological polar surface area (TPSA) is 73.3 Å². The van der Waals surface area contributed by atoms with E-state index in [1.165, 1.54) is 6.07 Å². The summed E-state index contributed by atoms with van der Waals surface area (Å²) in [7, 11) is 0. The van der Waals surface area contributed by atoms with Crippen LogP contribution >= 0.6 is 0 Å². The van der Waals surface area contributed by atoms with Crippen molar-refractivity contribution in [1.82, 2.24) is 4.98 Å². The molecule has 0 spiro atoms. The van der Waals surface area contributed by atoms with Crippen LogP contribution in [0.25, 0.3) is 29.0 Å². The molecular weight excluding hydrogens is 302 g/mol. The Balaban J connectivity index is 1.87. The van der Waals surface area contributed by atoms with E-state index in [1.807, 2.05) is 54.6 Å². The van der Waals surface area contributed by atoms with Crippen LogP contribution in [0.15, 0.2) is 52.8 Å². The zero-order valence-corrected chi connectivity index (χ0v) is 12.8. The second-order valence-electron chi connectivity index (χ2n) is 5.85. The molecule has 0 bridgehead atoms. The second-order valence-corrected chi connectivity index (χ2v) is 5.85. The van der Waals surface area contributed by atoms with Gasteiger partial charge in [0.25, 0.3) is 5.56 Å². The molecule has 2 aromatic carbocycles. The molecule has 4 nitrogen and oxygen atoms in total. The summed E-state index contributed by atoms with van der Waals surface area (Å²) in [6.07, 6.45) is 6.18. The molecule has 0 atom stereocenters. The van der Waals surface area contributed by atoms with Gasteiger partial charge in [0.15, 0.2) is 5.88 Å². The third kappa shape index (κ3) is 2.38. The fraction of sp³-hybridized carbons (Fsp3) is 0.0500. The van der Waals surface area contributed by atoms with Crippen molar-refractivity contribution in [3.63, 3.8) is 0 Å². The first-order chi connectivity index (χ1) is 11.6. The first-order valence-corrected chi connectivity index (χ1v) is 7.67. The number of aromatic amines is 1. The maximum absolute atomic E-state index is 11.8. The van der Waals surface area contributed by atoms with Gasteiger partial charge in [0.05, 0.1) is 0 Å². The average Bonchev–Trinajstić information content (AvgIpc) is 2.57. The molecule has 0 amide bonds. The highest BCUT2D eigenvalue weighted by Gasteiger charge is 2.07. The summed E-state index contributed by atoms with van der Waals surface area (Å²) in [5, 5.41) is 23.1. The van der Waals surface area contributed by atoms with Gasteiger partial charge >= 0.3 is 0 Å². The zero-order valence-electron chi connectivity index (χ0n) is 12.8. The summed E-state index contributed by atoms with van der Waals surface area (Å²) < 4.78 is 0. The summed E-state index contributed by atoms with van der Waals surface area (Å²) in [5.41, 5.74) is 1.39. The van der Waals surface area contributed by atoms with E-state index in [-0.39, 0.29) is 17.2 Å². The highest BCUT2D eigenvalue weighted by Crippen LogP contribution is 2.30.